The van der Waals surface area contributed by atoms with Crippen molar-refractivity contribution in [2.24, 2.45) is 11.5 Å². The van der Waals surface area contributed by atoms with Gasteiger partial charge in [-0.25, -0.2) is 9.59 Å². The summed E-state index contributed by atoms with van der Waals surface area (Å²) in [6.45, 7) is 0.380. The van der Waals surface area contributed by atoms with Gasteiger partial charge in [0.15, 0.2) is 0 Å². The third-order valence-corrected chi connectivity index (χ3v) is 13.5. The minimum atomic E-state index is -4.80. The van der Waals surface area contributed by atoms with Gasteiger partial charge in [-0.3, -0.25) is 47.9 Å². The first-order valence-corrected chi connectivity index (χ1v) is 24.6. The van der Waals surface area contributed by atoms with E-state index >= 15 is 0 Å². The first kappa shape index (κ1) is 55.1. The van der Waals surface area contributed by atoms with E-state index < -0.39 is 125 Å². The molecule has 78 heavy (non-hydrogen) atoms. The standard InChI is InChI=1S/C27H27N5O7.C24H24F3N5O7/c28-22(33)13-19(31-24(35)18-9-10-23(34)30-18)26(37)32-11-3-6-20(32)25(36)29-14-7-8-16-15-4-1-2-5-17(15)27(38)39-21(16)12-14;25-24(26,27)13-9-20(35)39-17-8-11(3-4-12(13)17)29-22(37)16-2-1-7-32(16)23(38)15(10-18(28)33)31-21(36)14-5-6-19(34)30-14/h1-2,4-5,7-8,12,18-20H,3,6,9-11,13H2,(H2,28,33)(H,29,36)(H,30,34)(H,31,35);3-4,8-9,14-16H,1-2,5-7,10H2,(H2,28,33)(H,29,37)(H,30,34)(H,31,36). The second kappa shape index (κ2) is 23.0. The van der Waals surface area contributed by atoms with Gasteiger partial charge in [0.25, 0.3) is 0 Å². The molecule has 10 amide bonds. The molecule has 10 N–H and O–H groups in total. The number of nitrogens with two attached hydrogens (primary N) is 2. The van der Waals surface area contributed by atoms with Gasteiger partial charge in [-0.05, 0) is 74.2 Å². The normalized spacial score (nSPS) is 19.8. The third kappa shape index (κ3) is 12.6. The first-order valence-electron chi connectivity index (χ1n) is 24.6. The summed E-state index contributed by atoms with van der Waals surface area (Å²) in [6.07, 6.45) is -3.41. The van der Waals surface area contributed by atoms with Crippen molar-refractivity contribution in [2.45, 2.75) is 107 Å². The van der Waals surface area contributed by atoms with Gasteiger partial charge in [-0.2, -0.15) is 13.2 Å². The van der Waals surface area contributed by atoms with Gasteiger partial charge < -0.3 is 62.0 Å². The smallest absolute Gasteiger partial charge is 0.417 e. The molecule has 24 nitrogen and oxygen atoms in total. The highest BCUT2D eigenvalue weighted by molar-refractivity contribution is 6.07. The fourth-order valence-electron chi connectivity index (χ4n) is 9.86. The summed E-state index contributed by atoms with van der Waals surface area (Å²) in [4.78, 5) is 151. The molecule has 0 bridgehead atoms. The largest absolute Gasteiger partial charge is 0.423 e. The molecule has 5 aromatic rings. The lowest BCUT2D eigenvalue weighted by Crippen LogP contribution is -2.56. The summed E-state index contributed by atoms with van der Waals surface area (Å²) >= 11 is 0. The number of carbonyl (C=O) groups is 10. The predicted octanol–water partition coefficient (Wildman–Crippen LogP) is 0.895. The monoisotopic (exact) mass is 1080 g/mol. The Labute approximate surface area is 438 Å². The number of primary amides is 2. The number of anilines is 2. The summed E-state index contributed by atoms with van der Waals surface area (Å²) in [5, 5.41) is 16.7. The van der Waals surface area contributed by atoms with E-state index in [1.807, 2.05) is 12.1 Å². The third-order valence-electron chi connectivity index (χ3n) is 13.5. The number of alkyl halides is 3. The zero-order chi connectivity index (χ0) is 56.2. The molecular weight excluding hydrogens is 1030 g/mol. The van der Waals surface area contributed by atoms with Crippen LogP contribution in [-0.2, 0) is 54.1 Å². The number of rotatable bonds is 14. The molecule has 27 heteroatoms. The Hall–Kier alpha value is -9.17. The van der Waals surface area contributed by atoms with Crippen LogP contribution in [0.15, 0.2) is 85.2 Å². The summed E-state index contributed by atoms with van der Waals surface area (Å²) in [5.74, 6) is -6.02. The highest BCUT2D eigenvalue weighted by atomic mass is 19.4. The van der Waals surface area contributed by atoms with E-state index in [9.17, 15) is 70.7 Å². The average Bonchev–Trinajstić information content (AvgIpc) is 4.27. The van der Waals surface area contributed by atoms with Crippen LogP contribution in [0.2, 0.25) is 0 Å². The maximum Gasteiger partial charge on any atom is 0.417 e. The Bertz CT molecular complexity index is 3420. The predicted molar refractivity (Wildman–Crippen MR) is 268 cm³/mol. The van der Waals surface area contributed by atoms with E-state index in [1.54, 1.807) is 30.3 Å². The molecule has 6 atom stereocenters. The molecule has 3 aromatic carbocycles. The lowest BCUT2D eigenvalue weighted by atomic mass is 10.1. The zero-order valence-corrected chi connectivity index (χ0v) is 41.2. The van der Waals surface area contributed by atoms with Gasteiger partial charge >= 0.3 is 17.4 Å². The number of amides is 10. The number of carbonyl (C=O) groups excluding carboxylic acids is 10. The van der Waals surface area contributed by atoms with Crippen LogP contribution in [0.25, 0.3) is 32.7 Å². The van der Waals surface area contributed by atoms with E-state index in [2.05, 4.69) is 31.9 Å². The highest BCUT2D eigenvalue weighted by Gasteiger charge is 2.42. The van der Waals surface area contributed by atoms with Crippen LogP contribution >= 0.6 is 0 Å². The second-order valence-electron chi connectivity index (χ2n) is 19.0. The number of likely N-dealkylation sites (tertiary alicyclic amines) is 2. The van der Waals surface area contributed by atoms with Gasteiger partial charge in [0.2, 0.25) is 59.1 Å². The van der Waals surface area contributed by atoms with Crippen LogP contribution in [-0.4, -0.2) is 118 Å². The lowest BCUT2D eigenvalue weighted by Gasteiger charge is -2.29. The van der Waals surface area contributed by atoms with Crippen molar-refractivity contribution < 1.29 is 70.0 Å². The van der Waals surface area contributed by atoms with Gasteiger partial charge in [-0.15, -0.1) is 0 Å². The molecule has 0 saturated carbocycles. The molecule has 9 rings (SSSR count). The maximum absolute atomic E-state index is 13.4. The molecule has 0 spiro atoms. The maximum atomic E-state index is 13.4. The topological polar surface area (TPSA) is 362 Å². The number of benzene rings is 3. The molecule has 4 aliphatic rings. The van der Waals surface area contributed by atoms with Crippen molar-refractivity contribution in [3.63, 3.8) is 0 Å². The molecule has 6 heterocycles. The number of hydrogen-bond donors (Lipinski definition) is 8. The quantitative estimate of drug-likeness (QED) is 0.0566. The van der Waals surface area contributed by atoms with Crippen LogP contribution in [0, 0.1) is 0 Å². The minimum absolute atomic E-state index is 0.0215. The van der Waals surface area contributed by atoms with Crippen molar-refractivity contribution in [3.8, 4) is 0 Å². The first-order chi connectivity index (χ1) is 37.0. The Balaban J connectivity index is 0.000000206. The van der Waals surface area contributed by atoms with Crippen molar-refractivity contribution in [1.29, 1.82) is 0 Å². The number of nitrogens with one attached hydrogen (secondary N) is 6. The average molecular weight is 1090 g/mol. The van der Waals surface area contributed by atoms with Crippen molar-refractivity contribution >= 4 is 103 Å². The van der Waals surface area contributed by atoms with E-state index in [4.69, 9.17) is 20.3 Å². The lowest BCUT2D eigenvalue weighted by molar-refractivity contribution is -0.141. The van der Waals surface area contributed by atoms with Crippen LogP contribution < -0.4 is 54.6 Å². The summed E-state index contributed by atoms with van der Waals surface area (Å²) in [5.41, 5.74) is 8.01. The highest BCUT2D eigenvalue weighted by Crippen LogP contribution is 2.35. The molecule has 410 valence electrons. The fourth-order valence-corrected chi connectivity index (χ4v) is 9.86. The van der Waals surface area contributed by atoms with Crippen molar-refractivity contribution in [2.75, 3.05) is 23.7 Å². The Morgan fingerprint density at radius 1 is 0.590 bits per heavy atom. The van der Waals surface area contributed by atoms with Gasteiger partial charge in [-0.1, -0.05) is 18.2 Å². The molecule has 0 radical (unpaired) electrons. The minimum Gasteiger partial charge on any atom is -0.423 e. The van der Waals surface area contributed by atoms with E-state index in [1.165, 1.54) is 15.9 Å². The van der Waals surface area contributed by atoms with Crippen LogP contribution in [0.3, 0.4) is 0 Å². The molecule has 4 saturated heterocycles. The van der Waals surface area contributed by atoms with Crippen molar-refractivity contribution in [1.82, 2.24) is 31.1 Å². The second-order valence-corrected chi connectivity index (χ2v) is 19.0. The summed E-state index contributed by atoms with van der Waals surface area (Å²) < 4.78 is 50.2. The van der Waals surface area contributed by atoms with Crippen LogP contribution in [0.1, 0.15) is 69.8 Å². The SMILES string of the molecule is NC(=O)CC(NC(=O)C1CCC(=O)N1)C(=O)N1CCCC1C(=O)Nc1ccc2c(C(F)(F)F)cc(=O)oc2c1.NC(=O)CC(NC(=O)C1CCC(=O)N1)C(=O)N1CCCC1C(=O)Nc1ccc2c(c1)oc(=O)c1ccccc12. The Kier molecular flexibility index (Phi) is 16.2. The van der Waals surface area contributed by atoms with Gasteiger partial charge in [0.1, 0.15) is 47.4 Å². The number of halogens is 3. The molecule has 0 aliphatic carbocycles. The fraction of sp³-hybridized carbons (Fsp3) is 0.373. The van der Waals surface area contributed by atoms with E-state index in [0.29, 0.717) is 47.4 Å². The molecular formula is C51H51F3N10O14. The Morgan fingerprint density at radius 3 is 1.50 bits per heavy atom. The molecule has 4 fully saturated rings. The Morgan fingerprint density at radius 2 is 1.05 bits per heavy atom. The zero-order valence-electron chi connectivity index (χ0n) is 41.2. The number of nitrogens with zero attached hydrogens (tertiary/aromatic N) is 2. The number of hydrogen-bond acceptors (Lipinski definition) is 14. The molecule has 2 aromatic heterocycles. The van der Waals surface area contributed by atoms with E-state index in [-0.39, 0.29) is 68.1 Å². The van der Waals surface area contributed by atoms with Crippen LogP contribution in [0.4, 0.5) is 24.5 Å². The molecule has 4 aliphatic heterocycles. The summed E-state index contributed by atoms with van der Waals surface area (Å²) in [7, 11) is 0. The van der Waals surface area contributed by atoms with E-state index in [0.717, 1.165) is 17.5 Å². The van der Waals surface area contributed by atoms with Crippen molar-refractivity contribution in [3.05, 3.63) is 93.1 Å². The molecule has 6 unspecified atom stereocenters. The van der Waals surface area contributed by atoms with Gasteiger partial charge in [0, 0.05) is 66.3 Å². The summed E-state index contributed by atoms with van der Waals surface area (Å²) in [6, 6.07) is 9.49. The van der Waals surface area contributed by atoms with Gasteiger partial charge in [0.05, 0.1) is 23.8 Å². The van der Waals surface area contributed by atoms with Crippen LogP contribution in [0.5, 0.6) is 0 Å². The number of fused-ring (bicyclic) bond motifs is 4.